The Labute approximate surface area is 158 Å². The molecule has 0 radical (unpaired) electrons. The largest absolute Gasteiger partial charge is 0.264 e. The molecule has 1 aromatic carbocycles. The molecule has 134 valence electrons. The van der Waals surface area contributed by atoms with Gasteiger partial charge < -0.3 is 0 Å². The molecular formula is C22H21N5. The van der Waals surface area contributed by atoms with Crippen molar-refractivity contribution in [3.63, 3.8) is 0 Å². The lowest BCUT2D eigenvalue weighted by atomic mass is 9.89. The van der Waals surface area contributed by atoms with Crippen LogP contribution in [0.3, 0.4) is 0 Å². The van der Waals surface area contributed by atoms with Crippen LogP contribution in [0.5, 0.6) is 0 Å². The molecule has 0 saturated carbocycles. The standard InChI is InChI=1S/C22H21N5/c1-17-5-2-6-18(11-17)15-27-16-21(25-26-27)12-22(19-7-3-9-23-13-19)20-8-4-10-24-14-20/h2-11,13-14,16,22H,12,15H2,1H3. The van der Waals surface area contributed by atoms with Crippen LogP contribution >= 0.6 is 0 Å². The molecule has 0 saturated heterocycles. The Morgan fingerprint density at radius 1 is 0.926 bits per heavy atom. The molecule has 0 atom stereocenters. The lowest BCUT2D eigenvalue weighted by Crippen LogP contribution is -2.06. The summed E-state index contributed by atoms with van der Waals surface area (Å²) in [5.41, 5.74) is 5.74. The highest BCUT2D eigenvalue weighted by molar-refractivity contribution is 5.30. The lowest BCUT2D eigenvalue weighted by molar-refractivity contribution is 0.648. The summed E-state index contributed by atoms with van der Waals surface area (Å²) < 4.78 is 1.90. The van der Waals surface area contributed by atoms with Gasteiger partial charge >= 0.3 is 0 Å². The van der Waals surface area contributed by atoms with Gasteiger partial charge in [0.2, 0.25) is 0 Å². The third-order valence-electron chi connectivity index (χ3n) is 4.60. The van der Waals surface area contributed by atoms with Crippen molar-refractivity contribution in [3.05, 3.63) is 107 Å². The first-order valence-electron chi connectivity index (χ1n) is 9.02. The van der Waals surface area contributed by atoms with Crippen LogP contribution in [0.15, 0.2) is 79.5 Å². The van der Waals surface area contributed by atoms with Crippen molar-refractivity contribution in [2.75, 3.05) is 0 Å². The van der Waals surface area contributed by atoms with Gasteiger partial charge in [-0.05, 0) is 35.7 Å². The van der Waals surface area contributed by atoms with Crippen molar-refractivity contribution in [3.8, 4) is 0 Å². The highest BCUT2D eigenvalue weighted by Crippen LogP contribution is 2.26. The SMILES string of the molecule is Cc1cccc(Cn2cc(CC(c3cccnc3)c3cccnc3)nn2)c1. The van der Waals surface area contributed by atoms with Gasteiger partial charge in [0.05, 0.1) is 12.2 Å². The molecule has 3 aromatic heterocycles. The Morgan fingerprint density at radius 3 is 2.30 bits per heavy atom. The summed E-state index contributed by atoms with van der Waals surface area (Å²) in [6.45, 7) is 2.82. The van der Waals surface area contributed by atoms with Gasteiger partial charge in [0, 0.05) is 43.3 Å². The smallest absolute Gasteiger partial charge is 0.0836 e. The van der Waals surface area contributed by atoms with E-state index in [-0.39, 0.29) is 5.92 Å². The van der Waals surface area contributed by atoms with E-state index < -0.39 is 0 Å². The average molecular weight is 355 g/mol. The first-order chi connectivity index (χ1) is 13.3. The molecule has 5 heteroatoms. The molecule has 0 aliphatic carbocycles. The van der Waals surface area contributed by atoms with Gasteiger partial charge in [0.25, 0.3) is 0 Å². The van der Waals surface area contributed by atoms with Gasteiger partial charge in [0.15, 0.2) is 0 Å². The molecule has 0 spiro atoms. The van der Waals surface area contributed by atoms with Crippen LogP contribution < -0.4 is 0 Å². The molecule has 0 bridgehead atoms. The van der Waals surface area contributed by atoms with Crippen molar-refractivity contribution in [2.45, 2.75) is 25.8 Å². The fourth-order valence-electron chi connectivity index (χ4n) is 3.31. The molecule has 0 amide bonds. The van der Waals surface area contributed by atoms with E-state index in [1.54, 1.807) is 12.4 Å². The minimum Gasteiger partial charge on any atom is -0.264 e. The zero-order chi connectivity index (χ0) is 18.5. The highest BCUT2D eigenvalue weighted by Gasteiger charge is 2.17. The second-order valence-corrected chi connectivity index (χ2v) is 6.73. The Morgan fingerprint density at radius 2 is 1.67 bits per heavy atom. The number of aryl methyl sites for hydroxylation is 1. The van der Waals surface area contributed by atoms with Crippen LogP contribution in [0.1, 0.15) is 33.9 Å². The van der Waals surface area contributed by atoms with E-state index >= 15 is 0 Å². The van der Waals surface area contributed by atoms with E-state index in [1.807, 2.05) is 35.4 Å². The summed E-state index contributed by atoms with van der Waals surface area (Å²) in [7, 11) is 0. The predicted octanol–water partition coefficient (Wildman–Crippen LogP) is 3.80. The molecule has 0 fully saturated rings. The predicted molar refractivity (Wildman–Crippen MR) is 104 cm³/mol. The minimum atomic E-state index is 0.150. The molecule has 27 heavy (non-hydrogen) atoms. The highest BCUT2D eigenvalue weighted by atomic mass is 15.4. The summed E-state index contributed by atoms with van der Waals surface area (Å²) in [5.74, 6) is 0.150. The fourth-order valence-corrected chi connectivity index (χ4v) is 3.31. The Bertz CT molecular complexity index is 956. The van der Waals surface area contributed by atoms with Crippen LogP contribution in [-0.2, 0) is 13.0 Å². The van der Waals surface area contributed by atoms with Gasteiger partial charge in [0.1, 0.15) is 0 Å². The van der Waals surface area contributed by atoms with E-state index in [0.29, 0.717) is 0 Å². The van der Waals surface area contributed by atoms with Crippen molar-refractivity contribution in [1.82, 2.24) is 25.0 Å². The molecule has 4 aromatic rings. The second-order valence-electron chi connectivity index (χ2n) is 6.73. The van der Waals surface area contributed by atoms with Gasteiger partial charge in [-0.1, -0.05) is 47.2 Å². The second kappa shape index (κ2) is 7.91. The molecule has 0 aliphatic rings. The summed E-state index contributed by atoms with van der Waals surface area (Å²) in [5, 5.41) is 8.71. The van der Waals surface area contributed by atoms with Crippen molar-refractivity contribution >= 4 is 0 Å². The van der Waals surface area contributed by atoms with Crippen molar-refractivity contribution in [2.24, 2.45) is 0 Å². The number of benzene rings is 1. The van der Waals surface area contributed by atoms with E-state index in [2.05, 4.69) is 63.6 Å². The first-order valence-corrected chi connectivity index (χ1v) is 9.02. The molecule has 0 N–H and O–H groups in total. The number of aromatic nitrogens is 5. The molecule has 4 rings (SSSR count). The molecule has 0 aliphatic heterocycles. The van der Waals surface area contributed by atoms with Crippen LogP contribution in [-0.4, -0.2) is 25.0 Å². The monoisotopic (exact) mass is 355 g/mol. The number of nitrogens with zero attached hydrogens (tertiary/aromatic N) is 5. The Hall–Kier alpha value is -3.34. The van der Waals surface area contributed by atoms with E-state index in [0.717, 1.165) is 29.8 Å². The zero-order valence-corrected chi connectivity index (χ0v) is 15.2. The van der Waals surface area contributed by atoms with Crippen LogP contribution in [0.4, 0.5) is 0 Å². The third-order valence-corrected chi connectivity index (χ3v) is 4.60. The van der Waals surface area contributed by atoms with Gasteiger partial charge in [-0.3, -0.25) is 9.97 Å². The van der Waals surface area contributed by atoms with Crippen LogP contribution in [0.25, 0.3) is 0 Å². The summed E-state index contributed by atoms with van der Waals surface area (Å²) in [4.78, 5) is 8.56. The maximum atomic E-state index is 4.40. The maximum absolute atomic E-state index is 4.40. The van der Waals surface area contributed by atoms with E-state index in [1.165, 1.54) is 11.1 Å². The molecular weight excluding hydrogens is 334 g/mol. The first kappa shape index (κ1) is 17.1. The third kappa shape index (κ3) is 4.26. The van der Waals surface area contributed by atoms with Crippen LogP contribution in [0.2, 0.25) is 0 Å². The fraction of sp³-hybridized carbons (Fsp3) is 0.182. The summed E-state index contributed by atoms with van der Waals surface area (Å²) in [6, 6.07) is 16.6. The van der Waals surface area contributed by atoms with E-state index in [9.17, 15) is 0 Å². The minimum absolute atomic E-state index is 0.150. The number of pyridine rings is 2. The molecule has 3 heterocycles. The molecule has 0 unspecified atom stereocenters. The van der Waals surface area contributed by atoms with Crippen molar-refractivity contribution < 1.29 is 0 Å². The topological polar surface area (TPSA) is 56.5 Å². The summed E-state index contributed by atoms with van der Waals surface area (Å²) >= 11 is 0. The number of rotatable bonds is 6. The van der Waals surface area contributed by atoms with Crippen molar-refractivity contribution in [1.29, 1.82) is 0 Å². The van der Waals surface area contributed by atoms with Gasteiger partial charge in [-0.15, -0.1) is 5.10 Å². The molecule has 5 nitrogen and oxygen atoms in total. The lowest BCUT2D eigenvalue weighted by Gasteiger charge is -2.15. The van der Waals surface area contributed by atoms with Gasteiger partial charge in [-0.2, -0.15) is 0 Å². The zero-order valence-electron chi connectivity index (χ0n) is 15.2. The van der Waals surface area contributed by atoms with Gasteiger partial charge in [-0.25, -0.2) is 4.68 Å². The van der Waals surface area contributed by atoms with E-state index in [4.69, 9.17) is 0 Å². The van der Waals surface area contributed by atoms with Crippen LogP contribution in [0, 0.1) is 6.92 Å². The Balaban J connectivity index is 1.56. The Kier molecular flexibility index (Phi) is 5.01. The maximum Gasteiger partial charge on any atom is 0.0836 e. The average Bonchev–Trinajstić information content (AvgIpc) is 3.14. The number of hydrogen-bond acceptors (Lipinski definition) is 4. The number of hydrogen-bond donors (Lipinski definition) is 0. The summed E-state index contributed by atoms with van der Waals surface area (Å²) in [6.07, 6.45) is 10.2. The normalized spacial score (nSPS) is 11.0. The quantitative estimate of drug-likeness (QED) is 0.528.